The van der Waals surface area contributed by atoms with Crippen molar-refractivity contribution in [2.45, 2.75) is 31.6 Å². The minimum absolute atomic E-state index is 0.0973. The monoisotopic (exact) mass is 323 g/mol. The van der Waals surface area contributed by atoms with E-state index in [1.165, 1.54) is 5.32 Å². The zero-order valence-electron chi connectivity index (χ0n) is 10.7. The summed E-state index contributed by atoms with van der Waals surface area (Å²) in [5.74, 6) is -4.79. The van der Waals surface area contributed by atoms with Crippen molar-refractivity contribution in [2.75, 3.05) is 19.8 Å². The average molecular weight is 323 g/mol. The highest BCUT2D eigenvalue weighted by molar-refractivity contribution is 5.81. The van der Waals surface area contributed by atoms with E-state index in [0.29, 0.717) is 19.3 Å². The van der Waals surface area contributed by atoms with Crippen LogP contribution >= 0.6 is 0 Å². The molecule has 122 valence electrons. The molecule has 1 N–H and O–H groups in total. The maximum absolute atomic E-state index is 12.2. The Kier molecular flexibility index (Phi) is 5.07. The van der Waals surface area contributed by atoms with Crippen LogP contribution in [0.1, 0.15) is 19.3 Å². The van der Waals surface area contributed by atoms with Crippen LogP contribution in [0.15, 0.2) is 0 Å². The fourth-order valence-electron chi connectivity index (χ4n) is 1.91. The molecular formula is C10H13F6N2O3+. The molecule has 11 heteroatoms. The van der Waals surface area contributed by atoms with Crippen LogP contribution in [0.5, 0.6) is 0 Å². The van der Waals surface area contributed by atoms with Crippen LogP contribution in [0.4, 0.5) is 26.3 Å². The fraction of sp³-hybridized carbons (Fsp3) is 0.800. The summed E-state index contributed by atoms with van der Waals surface area (Å²) in [5, 5.41) is 1.45. The molecule has 1 amide bonds. The van der Waals surface area contributed by atoms with Crippen LogP contribution in [0.25, 0.3) is 0 Å². The number of piperidine rings is 1. The number of rotatable bonds is 3. The van der Waals surface area contributed by atoms with Gasteiger partial charge in [0, 0.05) is 12.8 Å². The van der Waals surface area contributed by atoms with Crippen LogP contribution in [0, 0.1) is 0 Å². The van der Waals surface area contributed by atoms with Gasteiger partial charge in [0.15, 0.2) is 6.67 Å². The second-order valence-electron chi connectivity index (χ2n) is 4.60. The summed E-state index contributed by atoms with van der Waals surface area (Å²) >= 11 is 0. The maximum atomic E-state index is 12.2. The molecule has 0 aromatic carbocycles. The average Bonchev–Trinajstić information content (AvgIpc) is 2.35. The normalized spacial score (nSPS) is 19.0. The van der Waals surface area contributed by atoms with Crippen molar-refractivity contribution in [3.05, 3.63) is 0 Å². The van der Waals surface area contributed by atoms with E-state index in [1.54, 1.807) is 0 Å². The SMILES string of the molecule is O=C(NC[N+]1(OC(=O)C(F)(F)F)CCCCC1)C(F)(F)F. The lowest BCUT2D eigenvalue weighted by Crippen LogP contribution is -2.59. The first kappa shape index (κ1) is 17.5. The zero-order valence-corrected chi connectivity index (χ0v) is 10.7. The molecule has 0 aromatic rings. The van der Waals surface area contributed by atoms with E-state index in [9.17, 15) is 35.9 Å². The maximum Gasteiger partial charge on any atom is 0.497 e. The molecular weight excluding hydrogens is 310 g/mol. The number of nitrogens with one attached hydrogen (secondary N) is 1. The van der Waals surface area contributed by atoms with Crippen molar-refractivity contribution in [3.63, 3.8) is 0 Å². The molecule has 1 aliphatic heterocycles. The number of halogens is 6. The van der Waals surface area contributed by atoms with Crippen LogP contribution < -0.4 is 5.32 Å². The summed E-state index contributed by atoms with van der Waals surface area (Å²) in [4.78, 5) is 25.9. The molecule has 0 spiro atoms. The Labute approximate surface area is 115 Å². The first-order chi connectivity index (χ1) is 9.46. The number of hydrogen-bond donors (Lipinski definition) is 1. The van der Waals surface area contributed by atoms with E-state index in [-0.39, 0.29) is 13.1 Å². The van der Waals surface area contributed by atoms with Crippen molar-refractivity contribution in [1.82, 2.24) is 5.32 Å². The molecule has 1 heterocycles. The summed E-state index contributed by atoms with van der Waals surface area (Å²) in [6, 6.07) is 0. The molecule has 5 nitrogen and oxygen atoms in total. The van der Waals surface area contributed by atoms with E-state index in [1.807, 2.05) is 0 Å². The van der Waals surface area contributed by atoms with Gasteiger partial charge in [-0.2, -0.15) is 26.3 Å². The minimum Gasteiger partial charge on any atom is -0.298 e. The summed E-state index contributed by atoms with van der Waals surface area (Å²) in [5.41, 5.74) is 0. The highest BCUT2D eigenvalue weighted by Crippen LogP contribution is 2.24. The molecule has 0 radical (unpaired) electrons. The lowest BCUT2D eigenvalue weighted by molar-refractivity contribution is -1.09. The Balaban J connectivity index is 2.75. The second kappa shape index (κ2) is 6.08. The van der Waals surface area contributed by atoms with Crippen LogP contribution in [0.2, 0.25) is 0 Å². The number of hydroxylamine groups is 3. The smallest absolute Gasteiger partial charge is 0.298 e. The molecule has 1 saturated heterocycles. The Bertz CT molecular complexity index is 401. The molecule has 21 heavy (non-hydrogen) atoms. The molecule has 0 bridgehead atoms. The van der Waals surface area contributed by atoms with Gasteiger partial charge >= 0.3 is 24.2 Å². The highest BCUT2D eigenvalue weighted by atomic mass is 19.4. The molecule has 0 atom stereocenters. The standard InChI is InChI=1S/C10H12F6N2O3/c11-9(12,13)7(19)17-6-18(4-2-1-3-5-18)21-8(20)10(14,15)16/h1-6H2/p+1. The van der Waals surface area contributed by atoms with Crippen molar-refractivity contribution in [1.29, 1.82) is 0 Å². The Morgan fingerprint density at radius 2 is 1.48 bits per heavy atom. The summed E-state index contributed by atoms with van der Waals surface area (Å²) in [6.45, 7) is -1.06. The number of carbonyl (C=O) groups excluding carboxylic acids is 2. The summed E-state index contributed by atoms with van der Waals surface area (Å²) < 4.78 is 71.9. The van der Waals surface area contributed by atoms with Gasteiger partial charge in [0.2, 0.25) is 0 Å². The first-order valence-electron chi connectivity index (χ1n) is 5.98. The van der Waals surface area contributed by atoms with E-state index < -0.39 is 35.5 Å². The van der Waals surface area contributed by atoms with Crippen LogP contribution in [0.3, 0.4) is 0 Å². The van der Waals surface area contributed by atoms with E-state index in [4.69, 9.17) is 0 Å². The van der Waals surface area contributed by atoms with Crippen molar-refractivity contribution in [2.24, 2.45) is 0 Å². The summed E-state index contributed by atoms with van der Waals surface area (Å²) in [7, 11) is 0. The number of quaternary nitrogens is 1. The van der Waals surface area contributed by atoms with E-state index in [0.717, 1.165) is 0 Å². The predicted molar refractivity (Wildman–Crippen MR) is 55.1 cm³/mol. The van der Waals surface area contributed by atoms with Gasteiger partial charge < -0.3 is 0 Å². The van der Waals surface area contributed by atoms with Crippen molar-refractivity contribution >= 4 is 11.9 Å². The first-order valence-corrected chi connectivity index (χ1v) is 5.98. The Morgan fingerprint density at radius 1 is 0.952 bits per heavy atom. The number of likely N-dealkylation sites (tertiary alicyclic amines) is 1. The molecule has 0 saturated carbocycles. The van der Waals surface area contributed by atoms with Crippen LogP contribution in [-0.2, 0) is 14.4 Å². The molecule has 0 unspecified atom stereocenters. The lowest BCUT2D eigenvalue weighted by Gasteiger charge is -2.37. The summed E-state index contributed by atoms with van der Waals surface area (Å²) in [6.07, 6.45) is -9.03. The van der Waals surface area contributed by atoms with Crippen molar-refractivity contribution in [3.8, 4) is 0 Å². The molecule has 1 aliphatic rings. The molecule has 0 aromatic heterocycles. The van der Waals surface area contributed by atoms with Crippen molar-refractivity contribution < 1.29 is 45.4 Å². The molecule has 1 rings (SSSR count). The third-order valence-electron chi connectivity index (χ3n) is 2.92. The zero-order chi connectivity index (χ0) is 16.3. The van der Waals surface area contributed by atoms with Gasteiger partial charge in [-0.1, -0.05) is 0 Å². The quantitative estimate of drug-likeness (QED) is 0.635. The number of nitrogens with zero attached hydrogens (tertiary/aromatic N) is 1. The third kappa shape index (κ3) is 5.06. The number of carbonyl (C=O) groups is 2. The van der Waals surface area contributed by atoms with Gasteiger partial charge in [0.05, 0.1) is 0 Å². The van der Waals surface area contributed by atoms with Gasteiger partial charge in [-0.3, -0.25) is 14.9 Å². The third-order valence-corrected chi connectivity index (χ3v) is 2.92. The largest absolute Gasteiger partial charge is 0.497 e. The Morgan fingerprint density at radius 3 is 1.90 bits per heavy atom. The lowest BCUT2D eigenvalue weighted by atomic mass is 10.1. The van der Waals surface area contributed by atoms with E-state index in [2.05, 4.69) is 4.84 Å². The van der Waals surface area contributed by atoms with E-state index >= 15 is 0 Å². The fourth-order valence-corrected chi connectivity index (χ4v) is 1.91. The number of alkyl halides is 6. The van der Waals surface area contributed by atoms with Gasteiger partial charge in [0.1, 0.15) is 13.1 Å². The van der Waals surface area contributed by atoms with Gasteiger partial charge in [-0.25, -0.2) is 4.79 Å². The second-order valence-corrected chi connectivity index (χ2v) is 4.60. The molecule has 1 fully saturated rings. The highest BCUT2D eigenvalue weighted by Gasteiger charge is 2.49. The topological polar surface area (TPSA) is 55.4 Å². The van der Waals surface area contributed by atoms with Gasteiger partial charge in [-0.15, -0.1) is 4.65 Å². The van der Waals surface area contributed by atoms with Gasteiger partial charge in [0.25, 0.3) is 0 Å². The minimum atomic E-state index is -5.25. The van der Waals surface area contributed by atoms with Gasteiger partial charge in [-0.05, 0) is 6.42 Å². The molecule has 0 aliphatic carbocycles. The number of amides is 1. The predicted octanol–water partition coefficient (Wildman–Crippen LogP) is 1.64. The Hall–Kier alpha value is -1.52. The van der Waals surface area contributed by atoms with Crippen LogP contribution in [-0.4, -0.2) is 48.6 Å². The number of hydrogen-bond acceptors (Lipinski definition) is 3.